The van der Waals surface area contributed by atoms with Gasteiger partial charge in [0.1, 0.15) is 0 Å². The average molecular weight is 207 g/mol. The summed E-state index contributed by atoms with van der Waals surface area (Å²) in [5, 5.41) is 7.60. The maximum Gasteiger partial charge on any atom is 0.0314 e. The van der Waals surface area contributed by atoms with Crippen molar-refractivity contribution in [1.29, 1.82) is 5.41 Å². The highest BCUT2D eigenvalue weighted by Crippen LogP contribution is 2.24. The fourth-order valence-electron chi connectivity index (χ4n) is 1.58. The van der Waals surface area contributed by atoms with E-state index in [9.17, 15) is 0 Å². The normalized spacial score (nSPS) is 14.5. The fourth-order valence-corrected chi connectivity index (χ4v) is 1.58. The average Bonchev–Trinajstić information content (AvgIpc) is 2.22. The molecular weight excluding hydrogens is 182 g/mol. The van der Waals surface area contributed by atoms with E-state index in [0.29, 0.717) is 11.6 Å². The molecule has 0 aromatic rings. The maximum atomic E-state index is 7.60. The summed E-state index contributed by atoms with van der Waals surface area (Å²) in [4.78, 5) is 0. The lowest BCUT2D eigenvalue weighted by Gasteiger charge is -2.17. The van der Waals surface area contributed by atoms with Crippen LogP contribution < -0.4 is 0 Å². The van der Waals surface area contributed by atoms with E-state index in [-0.39, 0.29) is 0 Å². The van der Waals surface area contributed by atoms with Crippen molar-refractivity contribution in [2.24, 2.45) is 5.92 Å². The van der Waals surface area contributed by atoms with E-state index in [0.717, 1.165) is 5.57 Å². The summed E-state index contributed by atoms with van der Waals surface area (Å²) in [6, 6.07) is 0. The third-order valence-corrected chi connectivity index (χ3v) is 3.19. The van der Waals surface area contributed by atoms with Crippen molar-refractivity contribution >= 4 is 5.71 Å². The van der Waals surface area contributed by atoms with Crippen LogP contribution >= 0.6 is 0 Å². The van der Waals surface area contributed by atoms with Gasteiger partial charge in [-0.15, -0.1) is 0 Å². The summed E-state index contributed by atoms with van der Waals surface area (Å²) in [5.41, 5.74) is 4.12. The summed E-state index contributed by atoms with van der Waals surface area (Å²) < 4.78 is 0. The Bertz CT molecular complexity index is 271. The summed E-state index contributed by atoms with van der Waals surface area (Å²) in [6.45, 7) is 14.5. The molecule has 1 unspecified atom stereocenters. The highest BCUT2D eigenvalue weighted by Gasteiger charge is 2.10. The van der Waals surface area contributed by atoms with Gasteiger partial charge in [-0.25, -0.2) is 0 Å². The molecule has 1 heteroatoms. The molecule has 0 bridgehead atoms. The third-order valence-electron chi connectivity index (χ3n) is 3.19. The summed E-state index contributed by atoms with van der Waals surface area (Å²) in [6.07, 6.45) is 3.70. The van der Waals surface area contributed by atoms with Gasteiger partial charge < -0.3 is 5.41 Å². The lowest BCUT2D eigenvalue weighted by molar-refractivity contribution is 0.577. The van der Waals surface area contributed by atoms with Crippen molar-refractivity contribution in [3.8, 4) is 0 Å². The van der Waals surface area contributed by atoms with Gasteiger partial charge >= 0.3 is 0 Å². The first-order chi connectivity index (χ1) is 6.91. The molecule has 1 N–H and O–H groups in total. The molecule has 0 rings (SSSR count). The van der Waals surface area contributed by atoms with Gasteiger partial charge in [-0.2, -0.15) is 0 Å². The molecule has 0 saturated carbocycles. The number of allylic oxidation sites excluding steroid dienone is 3. The van der Waals surface area contributed by atoms with Gasteiger partial charge in [0.25, 0.3) is 0 Å². The Labute approximate surface area is 94.8 Å². The van der Waals surface area contributed by atoms with Crippen LogP contribution in [0.25, 0.3) is 0 Å². The smallest absolute Gasteiger partial charge is 0.0314 e. The van der Waals surface area contributed by atoms with Crippen LogP contribution in [0.2, 0.25) is 0 Å². The first kappa shape index (κ1) is 14.2. The van der Waals surface area contributed by atoms with Gasteiger partial charge in [-0.05, 0) is 49.8 Å². The molecule has 0 aromatic carbocycles. The lowest BCUT2D eigenvalue weighted by atomic mass is 9.89. The Morgan fingerprint density at radius 3 is 2.13 bits per heavy atom. The Morgan fingerprint density at radius 2 is 1.73 bits per heavy atom. The molecule has 86 valence electrons. The van der Waals surface area contributed by atoms with E-state index in [4.69, 9.17) is 5.41 Å². The van der Waals surface area contributed by atoms with E-state index in [1.165, 1.54) is 30.4 Å². The largest absolute Gasteiger partial charge is 0.305 e. The van der Waals surface area contributed by atoms with Crippen molar-refractivity contribution in [2.75, 3.05) is 0 Å². The maximum absolute atomic E-state index is 7.60. The second-order valence-corrected chi connectivity index (χ2v) is 4.44. The van der Waals surface area contributed by atoms with Crippen molar-refractivity contribution in [3.63, 3.8) is 0 Å². The molecule has 0 aliphatic carbocycles. The standard InChI is InChI=1S/C14H25N/c1-7-8-9-10(2)11(3)12(4)13(5)14(6)15/h10,15H,3,7-9H2,1-2,4-6H3/b13-12-,15-14?. The molecule has 1 nitrogen and oxygen atoms in total. The van der Waals surface area contributed by atoms with E-state index < -0.39 is 0 Å². The number of hydrogen-bond donors (Lipinski definition) is 1. The molecule has 0 aliphatic rings. The topological polar surface area (TPSA) is 23.9 Å². The molecule has 0 aliphatic heterocycles. The van der Waals surface area contributed by atoms with Crippen LogP contribution in [0.4, 0.5) is 0 Å². The predicted molar refractivity (Wildman–Crippen MR) is 69.6 cm³/mol. The molecule has 1 atom stereocenters. The lowest BCUT2D eigenvalue weighted by Crippen LogP contribution is -2.04. The Kier molecular flexibility index (Phi) is 6.23. The Balaban J connectivity index is 4.57. The Morgan fingerprint density at radius 1 is 1.20 bits per heavy atom. The van der Waals surface area contributed by atoms with Crippen LogP contribution in [0, 0.1) is 11.3 Å². The molecule has 0 aromatic heterocycles. The van der Waals surface area contributed by atoms with Crippen molar-refractivity contribution < 1.29 is 0 Å². The summed E-state index contributed by atoms with van der Waals surface area (Å²) in [7, 11) is 0. The van der Waals surface area contributed by atoms with Crippen LogP contribution in [0.5, 0.6) is 0 Å². The van der Waals surface area contributed by atoms with Crippen LogP contribution in [-0.4, -0.2) is 5.71 Å². The zero-order valence-electron chi connectivity index (χ0n) is 10.9. The first-order valence-electron chi connectivity index (χ1n) is 5.83. The van der Waals surface area contributed by atoms with Crippen LogP contribution in [0.3, 0.4) is 0 Å². The number of unbranched alkanes of at least 4 members (excludes halogenated alkanes) is 1. The predicted octanol–water partition coefficient (Wildman–Crippen LogP) is 4.74. The third kappa shape index (κ3) is 4.46. The monoisotopic (exact) mass is 207 g/mol. The van der Waals surface area contributed by atoms with Crippen LogP contribution in [-0.2, 0) is 0 Å². The summed E-state index contributed by atoms with van der Waals surface area (Å²) in [5.74, 6) is 0.541. The molecular formula is C14H25N. The molecule has 15 heavy (non-hydrogen) atoms. The Hall–Kier alpha value is -0.850. The molecule has 0 spiro atoms. The fraction of sp³-hybridized carbons (Fsp3) is 0.643. The second kappa shape index (κ2) is 6.60. The van der Waals surface area contributed by atoms with Gasteiger partial charge in [-0.1, -0.05) is 33.3 Å². The minimum atomic E-state index is 0.541. The van der Waals surface area contributed by atoms with E-state index in [2.05, 4.69) is 27.4 Å². The van der Waals surface area contributed by atoms with Gasteiger partial charge in [0.2, 0.25) is 0 Å². The quantitative estimate of drug-likeness (QED) is 0.480. The highest BCUT2D eigenvalue weighted by molar-refractivity contribution is 5.96. The van der Waals surface area contributed by atoms with Crippen molar-refractivity contribution in [2.45, 2.75) is 53.9 Å². The van der Waals surface area contributed by atoms with Crippen molar-refractivity contribution in [3.05, 3.63) is 23.3 Å². The second-order valence-electron chi connectivity index (χ2n) is 4.44. The molecule has 0 fully saturated rings. The van der Waals surface area contributed by atoms with Gasteiger partial charge in [0, 0.05) is 5.71 Å². The first-order valence-corrected chi connectivity index (χ1v) is 5.83. The van der Waals surface area contributed by atoms with E-state index in [1.807, 2.05) is 13.8 Å². The number of nitrogens with one attached hydrogen (secondary N) is 1. The van der Waals surface area contributed by atoms with Crippen molar-refractivity contribution in [1.82, 2.24) is 0 Å². The zero-order valence-corrected chi connectivity index (χ0v) is 10.9. The summed E-state index contributed by atoms with van der Waals surface area (Å²) >= 11 is 0. The molecule has 0 saturated heterocycles. The SMILES string of the molecule is C=C(/C(C)=C(/C)C(C)=N)C(C)CCCC. The van der Waals surface area contributed by atoms with Gasteiger partial charge in [0.15, 0.2) is 0 Å². The van der Waals surface area contributed by atoms with Gasteiger partial charge in [-0.3, -0.25) is 0 Å². The minimum Gasteiger partial charge on any atom is -0.305 e. The number of rotatable bonds is 6. The minimum absolute atomic E-state index is 0.541. The van der Waals surface area contributed by atoms with Crippen LogP contribution in [0.1, 0.15) is 53.9 Å². The van der Waals surface area contributed by atoms with E-state index in [1.54, 1.807) is 0 Å². The van der Waals surface area contributed by atoms with E-state index >= 15 is 0 Å². The molecule has 0 radical (unpaired) electrons. The molecule has 0 amide bonds. The van der Waals surface area contributed by atoms with Gasteiger partial charge in [0.05, 0.1) is 0 Å². The highest BCUT2D eigenvalue weighted by atomic mass is 14.4. The van der Waals surface area contributed by atoms with Crippen LogP contribution in [0.15, 0.2) is 23.3 Å². The molecule has 0 heterocycles. The zero-order chi connectivity index (χ0) is 12.0. The number of hydrogen-bond acceptors (Lipinski definition) is 1.